The second-order valence-electron chi connectivity index (χ2n) is 7.70. The molecule has 0 saturated heterocycles. The van der Waals surface area contributed by atoms with Crippen molar-refractivity contribution in [2.45, 2.75) is 46.7 Å². The second-order valence-corrected chi connectivity index (χ2v) is 8.11. The van der Waals surface area contributed by atoms with E-state index >= 15 is 0 Å². The number of nitrogens with zero attached hydrogens (tertiary/aromatic N) is 1. The molecule has 1 N–H and O–H groups in total. The van der Waals surface area contributed by atoms with Crippen molar-refractivity contribution < 1.29 is 14.0 Å². The summed E-state index contributed by atoms with van der Waals surface area (Å²) in [4.78, 5) is 27.2. The fraction of sp³-hybridized carbons (Fsp3) is 0.391. The van der Waals surface area contributed by atoms with Crippen LogP contribution >= 0.6 is 11.6 Å². The molecule has 0 aliphatic carbocycles. The van der Waals surface area contributed by atoms with E-state index in [4.69, 9.17) is 11.6 Å². The largest absolute Gasteiger partial charge is 0.354 e. The van der Waals surface area contributed by atoms with Gasteiger partial charge in [0.25, 0.3) is 0 Å². The van der Waals surface area contributed by atoms with Crippen LogP contribution in [-0.4, -0.2) is 29.3 Å². The predicted octanol–water partition coefficient (Wildman–Crippen LogP) is 4.52. The monoisotopic (exact) mass is 418 g/mol. The molecular weight excluding hydrogens is 391 g/mol. The van der Waals surface area contributed by atoms with E-state index in [1.807, 2.05) is 45.0 Å². The predicted molar refractivity (Wildman–Crippen MR) is 114 cm³/mol. The van der Waals surface area contributed by atoms with Gasteiger partial charge in [-0.15, -0.1) is 0 Å². The van der Waals surface area contributed by atoms with Crippen LogP contribution in [0.1, 0.15) is 37.5 Å². The van der Waals surface area contributed by atoms with Crippen LogP contribution in [0.2, 0.25) is 5.02 Å². The fourth-order valence-electron chi connectivity index (χ4n) is 2.88. The summed E-state index contributed by atoms with van der Waals surface area (Å²) < 4.78 is 14.2. The summed E-state index contributed by atoms with van der Waals surface area (Å²) in [5, 5.41) is 3.07. The van der Waals surface area contributed by atoms with Crippen molar-refractivity contribution in [3.63, 3.8) is 0 Å². The van der Waals surface area contributed by atoms with Gasteiger partial charge in [-0.25, -0.2) is 4.39 Å². The maximum atomic E-state index is 14.2. The number of halogens is 2. The van der Waals surface area contributed by atoms with Gasteiger partial charge in [-0.05, 0) is 37.5 Å². The molecule has 0 spiro atoms. The molecular formula is C23H28ClFN2O2. The molecule has 0 saturated carbocycles. The number of aryl methyl sites for hydroxylation is 1. The molecule has 1 unspecified atom stereocenters. The topological polar surface area (TPSA) is 49.4 Å². The van der Waals surface area contributed by atoms with Gasteiger partial charge in [0.05, 0.1) is 6.42 Å². The lowest BCUT2D eigenvalue weighted by molar-refractivity contribution is -0.140. The van der Waals surface area contributed by atoms with Gasteiger partial charge < -0.3 is 10.2 Å². The van der Waals surface area contributed by atoms with Gasteiger partial charge in [-0.2, -0.15) is 0 Å². The highest BCUT2D eigenvalue weighted by Gasteiger charge is 2.27. The van der Waals surface area contributed by atoms with E-state index in [0.717, 1.165) is 11.1 Å². The fourth-order valence-corrected chi connectivity index (χ4v) is 3.11. The normalized spacial score (nSPS) is 12.0. The minimum Gasteiger partial charge on any atom is -0.354 e. The van der Waals surface area contributed by atoms with Gasteiger partial charge in [0.1, 0.15) is 11.9 Å². The molecule has 4 nitrogen and oxygen atoms in total. The van der Waals surface area contributed by atoms with Crippen LogP contribution < -0.4 is 5.32 Å². The van der Waals surface area contributed by atoms with Crippen molar-refractivity contribution in [2.75, 3.05) is 6.54 Å². The second kappa shape index (κ2) is 10.4. The van der Waals surface area contributed by atoms with Crippen LogP contribution in [0.3, 0.4) is 0 Å². The summed E-state index contributed by atoms with van der Waals surface area (Å²) in [5.74, 6) is -0.828. The summed E-state index contributed by atoms with van der Waals surface area (Å²) >= 11 is 6.09. The van der Waals surface area contributed by atoms with E-state index in [0.29, 0.717) is 12.5 Å². The Bertz CT molecular complexity index is 832. The third kappa shape index (κ3) is 6.57. The molecule has 2 rings (SSSR count). The zero-order chi connectivity index (χ0) is 21.6. The van der Waals surface area contributed by atoms with E-state index in [2.05, 4.69) is 5.32 Å². The number of rotatable bonds is 8. The standard InChI is InChI=1S/C23H28ClFN2O2/c1-15(2)13-26-23(29)17(4)27(14-18-10-8-16(3)9-11-18)22(28)12-19-20(24)6-5-7-21(19)25/h5-11,15,17H,12-14H2,1-4H3,(H,26,29). The van der Waals surface area contributed by atoms with Gasteiger partial charge in [0, 0.05) is 23.7 Å². The number of carbonyl (C=O) groups is 2. The number of hydrogen-bond donors (Lipinski definition) is 1. The quantitative estimate of drug-likeness (QED) is 0.685. The number of benzene rings is 2. The Labute approximate surface area is 177 Å². The Hall–Kier alpha value is -2.40. The summed E-state index contributed by atoms with van der Waals surface area (Å²) in [6.07, 6.45) is -0.209. The van der Waals surface area contributed by atoms with Gasteiger partial charge in [0.2, 0.25) is 11.8 Å². The van der Waals surface area contributed by atoms with E-state index < -0.39 is 11.9 Å². The van der Waals surface area contributed by atoms with Gasteiger partial charge in [-0.1, -0.05) is 61.3 Å². The van der Waals surface area contributed by atoms with Crippen molar-refractivity contribution in [2.24, 2.45) is 5.92 Å². The molecule has 0 aromatic heterocycles. The molecule has 2 aromatic carbocycles. The Balaban J connectivity index is 2.26. The maximum Gasteiger partial charge on any atom is 0.242 e. The summed E-state index contributed by atoms with van der Waals surface area (Å²) in [6, 6.07) is 11.4. The third-order valence-corrected chi connectivity index (χ3v) is 5.07. The Kier molecular flexibility index (Phi) is 8.21. The molecule has 6 heteroatoms. The summed E-state index contributed by atoms with van der Waals surface area (Å²) in [7, 11) is 0. The third-order valence-electron chi connectivity index (χ3n) is 4.72. The smallest absolute Gasteiger partial charge is 0.242 e. The Morgan fingerprint density at radius 1 is 1.10 bits per heavy atom. The molecule has 29 heavy (non-hydrogen) atoms. The van der Waals surface area contributed by atoms with Crippen molar-refractivity contribution in [3.05, 3.63) is 70.0 Å². The molecule has 0 fully saturated rings. The van der Waals surface area contributed by atoms with Crippen LogP contribution in [0.25, 0.3) is 0 Å². The highest BCUT2D eigenvalue weighted by molar-refractivity contribution is 6.31. The Morgan fingerprint density at radius 3 is 2.34 bits per heavy atom. The van der Waals surface area contributed by atoms with Crippen molar-refractivity contribution in [1.82, 2.24) is 10.2 Å². The van der Waals surface area contributed by atoms with Gasteiger partial charge in [-0.3, -0.25) is 9.59 Å². The minimum atomic E-state index is -0.701. The number of hydrogen-bond acceptors (Lipinski definition) is 2. The molecule has 0 heterocycles. The van der Waals surface area contributed by atoms with Crippen LogP contribution in [0.4, 0.5) is 4.39 Å². The first-order valence-electron chi connectivity index (χ1n) is 9.74. The summed E-state index contributed by atoms with van der Waals surface area (Å²) in [6.45, 7) is 8.44. The van der Waals surface area contributed by atoms with E-state index in [-0.39, 0.29) is 35.4 Å². The van der Waals surface area contributed by atoms with Crippen LogP contribution in [0, 0.1) is 18.7 Å². The lowest BCUT2D eigenvalue weighted by atomic mass is 10.1. The highest BCUT2D eigenvalue weighted by atomic mass is 35.5. The first-order valence-corrected chi connectivity index (χ1v) is 10.1. The molecule has 0 aliphatic heterocycles. The zero-order valence-electron chi connectivity index (χ0n) is 17.3. The number of carbonyl (C=O) groups excluding carboxylic acids is 2. The maximum absolute atomic E-state index is 14.2. The molecule has 0 aliphatic rings. The van der Waals surface area contributed by atoms with Gasteiger partial charge in [0.15, 0.2) is 0 Å². The average molecular weight is 419 g/mol. The van der Waals surface area contributed by atoms with Crippen LogP contribution in [0.15, 0.2) is 42.5 Å². The number of amides is 2. The molecule has 2 aromatic rings. The van der Waals surface area contributed by atoms with Crippen LogP contribution in [-0.2, 0) is 22.6 Å². The molecule has 1 atom stereocenters. The van der Waals surface area contributed by atoms with E-state index in [9.17, 15) is 14.0 Å². The molecule has 2 amide bonds. The molecule has 156 valence electrons. The van der Waals surface area contributed by atoms with Crippen molar-refractivity contribution in [1.29, 1.82) is 0 Å². The van der Waals surface area contributed by atoms with Crippen molar-refractivity contribution >= 4 is 23.4 Å². The average Bonchev–Trinajstić information content (AvgIpc) is 2.67. The lowest BCUT2D eigenvalue weighted by Crippen LogP contribution is -2.48. The molecule has 0 bridgehead atoms. The zero-order valence-corrected chi connectivity index (χ0v) is 18.1. The van der Waals surface area contributed by atoms with Crippen molar-refractivity contribution in [3.8, 4) is 0 Å². The van der Waals surface area contributed by atoms with Gasteiger partial charge >= 0.3 is 0 Å². The summed E-state index contributed by atoms with van der Waals surface area (Å²) in [5.41, 5.74) is 2.14. The number of nitrogens with one attached hydrogen (secondary N) is 1. The highest BCUT2D eigenvalue weighted by Crippen LogP contribution is 2.21. The SMILES string of the molecule is Cc1ccc(CN(C(=O)Cc2c(F)cccc2Cl)C(C)C(=O)NCC(C)C)cc1. The van der Waals surface area contributed by atoms with E-state index in [1.54, 1.807) is 13.0 Å². The molecule has 0 radical (unpaired) electrons. The Morgan fingerprint density at radius 2 is 1.76 bits per heavy atom. The first kappa shape index (κ1) is 22.9. The minimum absolute atomic E-state index is 0.142. The van der Waals surface area contributed by atoms with Crippen LogP contribution in [0.5, 0.6) is 0 Å². The first-order chi connectivity index (χ1) is 13.7. The van der Waals surface area contributed by atoms with E-state index in [1.165, 1.54) is 17.0 Å². The lowest BCUT2D eigenvalue weighted by Gasteiger charge is -2.29.